The molecule has 0 unspecified atom stereocenters. The van der Waals surface area contributed by atoms with Crippen molar-refractivity contribution >= 4 is 0 Å². The van der Waals surface area contributed by atoms with Gasteiger partial charge in [0, 0.05) is 54.6 Å². The van der Waals surface area contributed by atoms with E-state index in [4.69, 9.17) is 0 Å². The SMILES string of the molecule is O.O.O.O.O.[CH2-]CCCCC.[Fe].[Ni].[Pt]. The monoisotopic (exact) mass is 484 g/mol. The van der Waals surface area contributed by atoms with Crippen LogP contribution < -0.4 is 0 Å². The van der Waals surface area contributed by atoms with Crippen LogP contribution in [0.3, 0.4) is 0 Å². The van der Waals surface area contributed by atoms with Crippen molar-refractivity contribution in [1.29, 1.82) is 0 Å². The molecule has 10 N–H and O–H groups in total. The van der Waals surface area contributed by atoms with Crippen molar-refractivity contribution in [2.75, 3.05) is 0 Å². The fourth-order valence-electron chi connectivity index (χ4n) is 0.427. The van der Waals surface area contributed by atoms with Crippen molar-refractivity contribution in [3.63, 3.8) is 0 Å². The molecule has 0 saturated heterocycles. The molecule has 0 saturated carbocycles. The van der Waals surface area contributed by atoms with Crippen molar-refractivity contribution in [2.24, 2.45) is 0 Å². The van der Waals surface area contributed by atoms with Crippen molar-refractivity contribution in [1.82, 2.24) is 0 Å². The average molecular weight is 485 g/mol. The third-order valence-corrected chi connectivity index (χ3v) is 0.854. The van der Waals surface area contributed by atoms with Gasteiger partial charge in [-0.15, -0.1) is 0 Å². The summed E-state index contributed by atoms with van der Waals surface area (Å²) in [6, 6.07) is 0. The van der Waals surface area contributed by atoms with Gasteiger partial charge < -0.3 is 34.3 Å². The number of hydrogen-bond donors (Lipinski definition) is 0. The summed E-state index contributed by atoms with van der Waals surface area (Å²) in [5.41, 5.74) is 0. The minimum atomic E-state index is 0. The minimum Gasteiger partial charge on any atom is -0.412 e. The minimum absolute atomic E-state index is 0. The summed E-state index contributed by atoms with van der Waals surface area (Å²) in [5.74, 6) is 0. The van der Waals surface area contributed by atoms with Crippen molar-refractivity contribution < 1.29 is 82.0 Å². The van der Waals surface area contributed by atoms with Crippen LogP contribution in [0.2, 0.25) is 0 Å². The molecular weight excluding hydrogens is 462 g/mol. The van der Waals surface area contributed by atoms with Crippen LogP contribution in [0.1, 0.15) is 32.6 Å². The van der Waals surface area contributed by atoms with Crippen LogP contribution in [0, 0.1) is 6.92 Å². The second kappa shape index (κ2) is 87.3. The summed E-state index contributed by atoms with van der Waals surface area (Å²) in [7, 11) is 0. The quantitative estimate of drug-likeness (QED) is 0.253. The van der Waals surface area contributed by atoms with E-state index >= 15 is 0 Å². The van der Waals surface area contributed by atoms with Gasteiger partial charge in [-0.1, -0.05) is 26.2 Å². The molecule has 106 valence electrons. The molecule has 0 aliphatic carbocycles. The van der Waals surface area contributed by atoms with Crippen LogP contribution in [0.15, 0.2) is 0 Å². The van der Waals surface area contributed by atoms with E-state index in [-0.39, 0.29) is 82.0 Å². The summed E-state index contributed by atoms with van der Waals surface area (Å²) in [6.07, 6.45) is 5.07. The molecule has 5 nitrogen and oxygen atoms in total. The molecule has 0 fully saturated rings. The van der Waals surface area contributed by atoms with Gasteiger partial charge in [0.15, 0.2) is 0 Å². The first-order valence-corrected chi connectivity index (χ1v) is 2.71. The first kappa shape index (κ1) is 77.1. The summed E-state index contributed by atoms with van der Waals surface area (Å²) >= 11 is 0. The maximum Gasteiger partial charge on any atom is 0 e. The van der Waals surface area contributed by atoms with Gasteiger partial charge in [0.25, 0.3) is 0 Å². The molecule has 8 heteroatoms. The Morgan fingerprint density at radius 1 is 0.857 bits per heavy atom. The predicted molar refractivity (Wildman–Crippen MR) is 47.6 cm³/mol. The molecule has 0 bridgehead atoms. The number of rotatable bonds is 3. The fraction of sp³-hybridized carbons (Fsp3) is 0.833. The topological polar surface area (TPSA) is 158 Å². The van der Waals surface area contributed by atoms with E-state index in [0.717, 1.165) is 6.42 Å². The Hall–Kier alpha value is 1.50. The molecular formula is C6H23FeNiO5Pt-. The van der Waals surface area contributed by atoms with Gasteiger partial charge in [-0.25, -0.2) is 0 Å². The van der Waals surface area contributed by atoms with Crippen LogP contribution in [-0.2, 0) is 54.6 Å². The smallest absolute Gasteiger partial charge is 0 e. The molecule has 0 radical (unpaired) electrons. The molecule has 0 aromatic carbocycles. The summed E-state index contributed by atoms with van der Waals surface area (Å²) in [4.78, 5) is 0. The Bertz CT molecular complexity index is 38.2. The second-order valence-electron chi connectivity index (χ2n) is 1.56. The van der Waals surface area contributed by atoms with Crippen molar-refractivity contribution in [3.8, 4) is 0 Å². The number of hydrogen-bond acceptors (Lipinski definition) is 0. The molecule has 0 atom stereocenters. The van der Waals surface area contributed by atoms with E-state index in [2.05, 4.69) is 13.8 Å². The molecule has 0 spiro atoms. The first-order chi connectivity index (χ1) is 2.91. The van der Waals surface area contributed by atoms with Crippen LogP contribution in [0.4, 0.5) is 0 Å². The maximum absolute atomic E-state index is 3.72. The number of unbranched alkanes of at least 4 members (excludes halogenated alkanes) is 3. The van der Waals surface area contributed by atoms with E-state index in [1.807, 2.05) is 0 Å². The van der Waals surface area contributed by atoms with E-state index in [1.165, 1.54) is 19.3 Å². The third-order valence-electron chi connectivity index (χ3n) is 0.854. The summed E-state index contributed by atoms with van der Waals surface area (Å²) < 4.78 is 0. The Morgan fingerprint density at radius 3 is 1.21 bits per heavy atom. The maximum atomic E-state index is 3.72. The van der Waals surface area contributed by atoms with E-state index in [9.17, 15) is 0 Å². The zero-order valence-corrected chi connectivity index (χ0v) is 12.4. The molecule has 0 heterocycles. The molecule has 0 aliphatic rings. The fourth-order valence-corrected chi connectivity index (χ4v) is 0.427. The summed E-state index contributed by atoms with van der Waals surface area (Å²) in [6.45, 7) is 5.93. The normalized spacial score (nSPS) is 3.86. The second-order valence-corrected chi connectivity index (χ2v) is 1.56. The molecule has 0 amide bonds. The molecule has 14 heavy (non-hydrogen) atoms. The van der Waals surface area contributed by atoms with Crippen molar-refractivity contribution in [2.45, 2.75) is 32.6 Å². The van der Waals surface area contributed by atoms with Crippen LogP contribution in [0.5, 0.6) is 0 Å². The third kappa shape index (κ3) is 104. The first-order valence-electron chi connectivity index (χ1n) is 2.71. The Kier molecular flexibility index (Phi) is 481. The Balaban J connectivity index is -0.00000000446. The van der Waals surface area contributed by atoms with Crippen LogP contribution in [0.25, 0.3) is 0 Å². The van der Waals surface area contributed by atoms with Gasteiger partial charge in [-0.3, -0.25) is 0 Å². The standard InChI is InChI=1S/C6H13.Fe.Ni.5H2O.Pt/c1-3-5-6-4-2;;;;;;;;/h1,3-6H2,2H3;;;5*1H2;/q-1;;;;;;;;. The zero-order valence-electron chi connectivity index (χ0n) is 8.02. The molecule has 0 rings (SSSR count). The van der Waals surface area contributed by atoms with Gasteiger partial charge in [0.05, 0.1) is 0 Å². The molecule has 0 aromatic heterocycles. The molecule has 0 aromatic rings. The van der Waals surface area contributed by atoms with Gasteiger partial charge in [0.2, 0.25) is 0 Å². The molecule has 0 aliphatic heterocycles. The predicted octanol–water partition coefficient (Wildman–Crippen LogP) is -1.73. The summed E-state index contributed by atoms with van der Waals surface area (Å²) in [5, 5.41) is 0. The zero-order chi connectivity index (χ0) is 4.83. The average Bonchev–Trinajstić information content (AvgIpc) is 1.61. The van der Waals surface area contributed by atoms with Gasteiger partial charge in [-0.2, -0.15) is 6.42 Å². The Morgan fingerprint density at radius 2 is 1.14 bits per heavy atom. The van der Waals surface area contributed by atoms with E-state index in [1.54, 1.807) is 0 Å². The Labute approximate surface area is 121 Å². The van der Waals surface area contributed by atoms with Crippen molar-refractivity contribution in [3.05, 3.63) is 6.92 Å². The van der Waals surface area contributed by atoms with Crippen LogP contribution >= 0.6 is 0 Å². The van der Waals surface area contributed by atoms with Gasteiger partial charge in [-0.05, 0) is 0 Å². The van der Waals surface area contributed by atoms with E-state index < -0.39 is 0 Å². The largest absolute Gasteiger partial charge is 0.412 e. The van der Waals surface area contributed by atoms with Gasteiger partial charge >= 0.3 is 0 Å². The van der Waals surface area contributed by atoms with Crippen LogP contribution in [-0.4, -0.2) is 27.4 Å². The van der Waals surface area contributed by atoms with E-state index in [0.29, 0.717) is 0 Å². The van der Waals surface area contributed by atoms with Gasteiger partial charge in [0.1, 0.15) is 0 Å².